The third-order valence-electron chi connectivity index (χ3n) is 2.71. The summed E-state index contributed by atoms with van der Waals surface area (Å²) in [5, 5.41) is 0.131. The summed E-state index contributed by atoms with van der Waals surface area (Å²) in [5.74, 6) is -0.494. The normalized spacial score (nSPS) is 14.8. The number of alkyl halides is 2. The van der Waals surface area contributed by atoms with E-state index in [1.807, 2.05) is 0 Å². The summed E-state index contributed by atoms with van der Waals surface area (Å²) >= 11 is 9.19. The first kappa shape index (κ1) is 19.0. The third-order valence-corrected chi connectivity index (χ3v) is 3.71. The van der Waals surface area contributed by atoms with Crippen LogP contribution in [0.4, 0.5) is 13.2 Å². The van der Waals surface area contributed by atoms with Crippen molar-refractivity contribution in [3.63, 3.8) is 0 Å². The van der Waals surface area contributed by atoms with Gasteiger partial charge >= 0.3 is 0 Å². The third kappa shape index (κ3) is 4.44. The predicted octanol–water partition coefficient (Wildman–Crippen LogP) is 4.99. The van der Waals surface area contributed by atoms with Gasteiger partial charge in [0.25, 0.3) is 6.43 Å². The van der Waals surface area contributed by atoms with Gasteiger partial charge in [0.05, 0.1) is 6.54 Å². The fourth-order valence-electron chi connectivity index (χ4n) is 1.80. The predicted molar refractivity (Wildman–Crippen MR) is 76.9 cm³/mol. The topological polar surface area (TPSA) is 3.24 Å². The molecule has 1 aromatic carbocycles. The minimum absolute atomic E-state index is 0. The SMILES string of the molecule is C=C1C(Br)=C[C-]=C(c2ccc(F)cc2Cl)N1CC(F)F.[Y]. The van der Waals surface area contributed by atoms with Gasteiger partial charge in [0.2, 0.25) is 0 Å². The van der Waals surface area contributed by atoms with Gasteiger partial charge in [-0.05, 0) is 22.9 Å². The van der Waals surface area contributed by atoms with Crippen LogP contribution in [0.25, 0.3) is 5.70 Å². The molecule has 1 aromatic rings. The maximum atomic E-state index is 13.1. The zero-order chi connectivity index (χ0) is 14.9. The summed E-state index contributed by atoms with van der Waals surface area (Å²) in [5.41, 5.74) is 1.13. The first-order chi connectivity index (χ1) is 9.40. The van der Waals surface area contributed by atoms with E-state index in [0.717, 1.165) is 6.07 Å². The molecule has 0 aliphatic carbocycles. The van der Waals surface area contributed by atoms with Crippen molar-refractivity contribution in [2.45, 2.75) is 6.43 Å². The number of nitrogens with zero attached hydrogens (tertiary/aromatic N) is 1. The molecule has 0 saturated heterocycles. The largest absolute Gasteiger partial charge is 0.369 e. The van der Waals surface area contributed by atoms with Gasteiger partial charge in [0.1, 0.15) is 5.82 Å². The van der Waals surface area contributed by atoms with E-state index in [1.165, 1.54) is 17.0 Å². The summed E-state index contributed by atoms with van der Waals surface area (Å²) in [6, 6.07) is 3.77. The number of hydrogen-bond acceptors (Lipinski definition) is 1. The Kier molecular flexibility index (Phi) is 7.18. The molecule has 0 unspecified atom stereocenters. The van der Waals surface area contributed by atoms with Crippen LogP contribution in [-0.4, -0.2) is 17.9 Å². The van der Waals surface area contributed by atoms with Crippen LogP contribution in [0.5, 0.6) is 0 Å². The van der Waals surface area contributed by atoms with E-state index in [0.29, 0.717) is 21.4 Å². The van der Waals surface area contributed by atoms with Gasteiger partial charge in [0, 0.05) is 32.7 Å². The molecule has 2 rings (SSSR count). The second-order valence-electron chi connectivity index (χ2n) is 4.06. The molecule has 1 aliphatic heterocycles. The minimum Gasteiger partial charge on any atom is -0.369 e. The molecule has 0 bridgehead atoms. The van der Waals surface area contributed by atoms with E-state index in [2.05, 4.69) is 28.6 Å². The van der Waals surface area contributed by atoms with E-state index < -0.39 is 18.8 Å². The van der Waals surface area contributed by atoms with Gasteiger partial charge in [-0.25, -0.2) is 13.2 Å². The molecule has 0 atom stereocenters. The monoisotopic (exact) mass is 451 g/mol. The fraction of sp³-hybridized carbons (Fsp3) is 0.143. The molecule has 1 nitrogen and oxygen atoms in total. The summed E-state index contributed by atoms with van der Waals surface area (Å²) in [7, 11) is 0. The average molecular weight is 452 g/mol. The molecular weight excluding hydrogens is 443 g/mol. The first-order valence-electron chi connectivity index (χ1n) is 5.59. The van der Waals surface area contributed by atoms with Crippen molar-refractivity contribution >= 4 is 33.2 Å². The van der Waals surface area contributed by atoms with E-state index in [-0.39, 0.29) is 37.7 Å². The molecular formula is C14H9BrClF3NY-. The molecule has 0 saturated carbocycles. The van der Waals surface area contributed by atoms with Crippen molar-refractivity contribution < 1.29 is 45.9 Å². The molecule has 1 aliphatic rings. The van der Waals surface area contributed by atoms with Crippen LogP contribution < -0.4 is 0 Å². The van der Waals surface area contributed by atoms with Crippen molar-refractivity contribution in [2.24, 2.45) is 0 Å². The van der Waals surface area contributed by atoms with Gasteiger partial charge in [-0.15, -0.1) is 22.0 Å². The van der Waals surface area contributed by atoms with Gasteiger partial charge in [0.15, 0.2) is 0 Å². The van der Waals surface area contributed by atoms with E-state index in [4.69, 9.17) is 11.6 Å². The number of halogens is 5. The van der Waals surface area contributed by atoms with E-state index in [1.54, 1.807) is 6.08 Å². The molecule has 7 heteroatoms. The summed E-state index contributed by atoms with van der Waals surface area (Å²) in [6.45, 7) is 3.21. The number of hydrogen-bond donors (Lipinski definition) is 0. The Morgan fingerprint density at radius 1 is 1.38 bits per heavy atom. The van der Waals surface area contributed by atoms with E-state index in [9.17, 15) is 13.2 Å². The maximum absolute atomic E-state index is 13.1. The summed E-state index contributed by atoms with van der Waals surface area (Å²) in [6.07, 6.45) is 1.88. The van der Waals surface area contributed by atoms with Crippen molar-refractivity contribution in [2.75, 3.05) is 6.54 Å². The standard InChI is InChI=1S/C14H9BrClF3N.Y/c1-8-11(15)4-5-13(20(8)7-14(18)19)10-3-2-9(17)6-12(10)16;/h2-4,6,14H,1,7H2;/q-1;. The average Bonchev–Trinajstić information content (AvgIpc) is 2.36. The zero-order valence-corrected chi connectivity index (χ0v) is 15.9. The molecule has 0 spiro atoms. The van der Waals surface area contributed by atoms with Gasteiger partial charge in [-0.1, -0.05) is 33.9 Å². The number of benzene rings is 1. The minimum atomic E-state index is -2.55. The van der Waals surface area contributed by atoms with E-state index >= 15 is 0 Å². The zero-order valence-electron chi connectivity index (χ0n) is 10.7. The Bertz CT molecular complexity index is 616. The van der Waals surface area contributed by atoms with Crippen LogP contribution in [-0.2, 0) is 32.7 Å². The van der Waals surface area contributed by atoms with Crippen molar-refractivity contribution in [3.8, 4) is 0 Å². The molecule has 0 N–H and O–H groups in total. The summed E-state index contributed by atoms with van der Waals surface area (Å²) < 4.78 is 39.1. The number of rotatable bonds is 3. The van der Waals surface area contributed by atoms with Crippen molar-refractivity contribution in [1.29, 1.82) is 0 Å². The van der Waals surface area contributed by atoms with Crippen molar-refractivity contribution in [1.82, 2.24) is 4.90 Å². The smallest absolute Gasteiger partial charge is 0.256 e. The van der Waals surface area contributed by atoms with Crippen LogP contribution in [0.15, 0.2) is 41.0 Å². The van der Waals surface area contributed by atoms with Crippen LogP contribution in [0, 0.1) is 11.9 Å². The quantitative estimate of drug-likeness (QED) is 0.584. The second-order valence-corrected chi connectivity index (χ2v) is 5.32. The summed E-state index contributed by atoms with van der Waals surface area (Å²) in [4.78, 5) is 1.30. The Hall–Kier alpha value is -0.0961. The van der Waals surface area contributed by atoms with Gasteiger partial charge in [-0.2, -0.15) is 12.2 Å². The Morgan fingerprint density at radius 2 is 2.05 bits per heavy atom. The second kappa shape index (κ2) is 7.95. The Labute approximate surface area is 159 Å². The van der Waals surface area contributed by atoms with Crippen LogP contribution in [0.2, 0.25) is 5.02 Å². The molecule has 1 heterocycles. The number of allylic oxidation sites excluding steroid dienone is 3. The first-order valence-corrected chi connectivity index (χ1v) is 6.76. The van der Waals surface area contributed by atoms with Gasteiger partial charge < -0.3 is 4.90 Å². The van der Waals surface area contributed by atoms with Crippen LogP contribution >= 0.6 is 27.5 Å². The van der Waals surface area contributed by atoms with Gasteiger partial charge in [-0.3, -0.25) is 0 Å². The molecule has 109 valence electrons. The van der Waals surface area contributed by atoms with Crippen molar-refractivity contribution in [3.05, 3.63) is 63.5 Å². The molecule has 0 amide bonds. The maximum Gasteiger partial charge on any atom is 0.256 e. The molecule has 0 aromatic heterocycles. The van der Waals surface area contributed by atoms with Crippen LogP contribution in [0.1, 0.15) is 5.56 Å². The molecule has 0 fully saturated rings. The molecule has 21 heavy (non-hydrogen) atoms. The van der Waals surface area contributed by atoms with Crippen LogP contribution in [0.3, 0.4) is 0 Å². The Morgan fingerprint density at radius 3 is 2.62 bits per heavy atom. The Balaban J connectivity index is 0.00000220. The fourth-order valence-corrected chi connectivity index (χ4v) is 2.39. The molecule has 1 radical (unpaired) electrons.